The molecule has 2 amide bonds. The van der Waals surface area contributed by atoms with Crippen LogP contribution in [0.15, 0.2) is 60.1 Å². The molecule has 2 atom stereocenters. The molecule has 1 aliphatic heterocycles. The molecule has 0 aliphatic carbocycles. The quantitative estimate of drug-likeness (QED) is 0.581. The summed E-state index contributed by atoms with van der Waals surface area (Å²) in [6.07, 6.45) is 1.50. The maximum Gasteiger partial charge on any atom is 0.254 e. The molecule has 30 heavy (non-hydrogen) atoms. The molecule has 0 spiro atoms. The van der Waals surface area contributed by atoms with Gasteiger partial charge in [-0.1, -0.05) is 49.7 Å². The zero-order valence-corrected chi connectivity index (χ0v) is 18.3. The van der Waals surface area contributed by atoms with E-state index in [0.717, 1.165) is 10.4 Å². The van der Waals surface area contributed by atoms with Gasteiger partial charge in [-0.2, -0.15) is 0 Å². The van der Waals surface area contributed by atoms with Crippen molar-refractivity contribution < 1.29 is 9.59 Å². The molecule has 0 bridgehead atoms. The number of thiophene rings is 1. The van der Waals surface area contributed by atoms with Gasteiger partial charge in [-0.15, -0.1) is 11.3 Å². The van der Waals surface area contributed by atoms with Crippen LogP contribution in [0.3, 0.4) is 0 Å². The Morgan fingerprint density at radius 3 is 2.67 bits per heavy atom. The van der Waals surface area contributed by atoms with Gasteiger partial charge in [0.15, 0.2) is 0 Å². The normalized spacial score (nSPS) is 18.4. The van der Waals surface area contributed by atoms with Crippen molar-refractivity contribution in [3.63, 3.8) is 0 Å². The van der Waals surface area contributed by atoms with Crippen LogP contribution in [0.5, 0.6) is 0 Å². The predicted molar refractivity (Wildman–Crippen MR) is 120 cm³/mol. The molecule has 1 aliphatic rings. The standard InChI is InChI=1S/C23H22ClN3O2S/c1-14(2)13-27-21(18-8-5-11-30-18)20(16-6-3-4-7-17(16)23(27)29)22(28)26-19-10-9-15(24)12-25-19/h3-12,14,20-21H,13H2,1-2H3,(H,25,26,28)/t20-,21-/m1/s1. The number of benzene rings is 1. The summed E-state index contributed by atoms with van der Waals surface area (Å²) in [7, 11) is 0. The Labute approximate surface area is 184 Å². The average Bonchev–Trinajstić information content (AvgIpc) is 3.25. The number of anilines is 1. The fourth-order valence-corrected chi connectivity index (χ4v) is 4.89. The van der Waals surface area contributed by atoms with Gasteiger partial charge in [0.25, 0.3) is 5.91 Å². The Bertz CT molecular complexity index is 1050. The number of hydrogen-bond donors (Lipinski definition) is 1. The molecular weight excluding hydrogens is 418 g/mol. The van der Waals surface area contributed by atoms with E-state index >= 15 is 0 Å². The molecule has 154 valence electrons. The third kappa shape index (κ3) is 3.98. The first-order valence-electron chi connectivity index (χ1n) is 9.81. The van der Waals surface area contributed by atoms with E-state index in [-0.39, 0.29) is 23.8 Å². The number of carbonyl (C=O) groups is 2. The molecule has 0 saturated carbocycles. The van der Waals surface area contributed by atoms with Crippen LogP contribution in [0.2, 0.25) is 5.02 Å². The molecule has 1 aromatic carbocycles. The lowest BCUT2D eigenvalue weighted by atomic mass is 9.81. The Hall–Kier alpha value is -2.70. The van der Waals surface area contributed by atoms with Crippen LogP contribution in [0.1, 0.15) is 46.6 Å². The van der Waals surface area contributed by atoms with E-state index in [9.17, 15) is 9.59 Å². The highest BCUT2D eigenvalue weighted by Crippen LogP contribution is 2.44. The zero-order valence-electron chi connectivity index (χ0n) is 16.7. The number of aromatic nitrogens is 1. The van der Waals surface area contributed by atoms with Crippen LogP contribution in [0.25, 0.3) is 0 Å². The monoisotopic (exact) mass is 439 g/mol. The van der Waals surface area contributed by atoms with Gasteiger partial charge in [-0.25, -0.2) is 4.98 Å². The topological polar surface area (TPSA) is 62.3 Å². The van der Waals surface area contributed by atoms with Crippen LogP contribution in [0, 0.1) is 5.92 Å². The summed E-state index contributed by atoms with van der Waals surface area (Å²) in [5.74, 6) is -0.0838. The van der Waals surface area contributed by atoms with E-state index in [1.165, 1.54) is 6.20 Å². The van der Waals surface area contributed by atoms with E-state index in [1.54, 1.807) is 29.5 Å². The SMILES string of the molecule is CC(C)CN1C(=O)c2ccccc2[C@@H](C(=O)Nc2ccc(Cl)cn2)[C@H]1c1cccs1. The fourth-order valence-electron chi connectivity index (χ4n) is 3.90. The van der Waals surface area contributed by atoms with Crippen molar-refractivity contribution in [3.05, 3.63) is 81.1 Å². The minimum atomic E-state index is -0.547. The lowest BCUT2D eigenvalue weighted by Gasteiger charge is -2.41. The summed E-state index contributed by atoms with van der Waals surface area (Å²) in [5, 5.41) is 5.40. The molecule has 0 saturated heterocycles. The number of nitrogens with one attached hydrogen (secondary N) is 1. The molecule has 0 fully saturated rings. The van der Waals surface area contributed by atoms with E-state index in [2.05, 4.69) is 24.1 Å². The minimum absolute atomic E-state index is 0.0358. The first kappa shape index (κ1) is 20.6. The second-order valence-corrected chi connectivity index (χ2v) is 9.14. The summed E-state index contributed by atoms with van der Waals surface area (Å²) < 4.78 is 0. The molecule has 5 nitrogen and oxygen atoms in total. The van der Waals surface area contributed by atoms with Gasteiger partial charge < -0.3 is 10.2 Å². The van der Waals surface area contributed by atoms with Crippen molar-refractivity contribution >= 4 is 40.6 Å². The maximum absolute atomic E-state index is 13.5. The summed E-state index contributed by atoms with van der Waals surface area (Å²) >= 11 is 7.48. The number of rotatable bonds is 5. The first-order valence-corrected chi connectivity index (χ1v) is 11.1. The van der Waals surface area contributed by atoms with E-state index in [4.69, 9.17) is 11.6 Å². The molecule has 7 heteroatoms. The minimum Gasteiger partial charge on any atom is -0.329 e. The van der Waals surface area contributed by atoms with Gasteiger partial charge in [0, 0.05) is 23.2 Å². The highest BCUT2D eigenvalue weighted by molar-refractivity contribution is 7.10. The van der Waals surface area contributed by atoms with E-state index < -0.39 is 5.92 Å². The maximum atomic E-state index is 13.5. The lowest BCUT2D eigenvalue weighted by molar-refractivity contribution is -0.119. The van der Waals surface area contributed by atoms with Crippen LogP contribution in [-0.2, 0) is 4.79 Å². The number of amides is 2. The van der Waals surface area contributed by atoms with Crippen molar-refractivity contribution in [1.82, 2.24) is 9.88 Å². The Kier molecular flexibility index (Phi) is 5.88. The Balaban J connectivity index is 1.80. The van der Waals surface area contributed by atoms with Gasteiger partial charge in [0.2, 0.25) is 5.91 Å². The second-order valence-electron chi connectivity index (χ2n) is 7.73. The van der Waals surface area contributed by atoms with Crippen molar-refractivity contribution in [3.8, 4) is 0 Å². The van der Waals surface area contributed by atoms with Crippen LogP contribution < -0.4 is 5.32 Å². The van der Waals surface area contributed by atoms with Crippen LogP contribution in [-0.4, -0.2) is 28.2 Å². The largest absolute Gasteiger partial charge is 0.329 e. The molecule has 0 radical (unpaired) electrons. The third-order valence-corrected chi connectivity index (χ3v) is 6.26. The zero-order chi connectivity index (χ0) is 21.3. The predicted octanol–water partition coefficient (Wildman–Crippen LogP) is 5.37. The van der Waals surface area contributed by atoms with E-state index in [1.807, 2.05) is 40.6 Å². The van der Waals surface area contributed by atoms with Crippen molar-refractivity contribution in [1.29, 1.82) is 0 Å². The third-order valence-electron chi connectivity index (χ3n) is 5.10. The summed E-state index contributed by atoms with van der Waals surface area (Å²) in [6.45, 7) is 4.72. The second kappa shape index (κ2) is 8.58. The highest BCUT2D eigenvalue weighted by atomic mass is 35.5. The number of fused-ring (bicyclic) bond motifs is 1. The number of halogens is 1. The van der Waals surface area contributed by atoms with Gasteiger partial charge in [0.05, 0.1) is 17.0 Å². The number of carbonyl (C=O) groups excluding carboxylic acids is 2. The van der Waals surface area contributed by atoms with Gasteiger partial charge >= 0.3 is 0 Å². The van der Waals surface area contributed by atoms with Crippen molar-refractivity contribution in [2.45, 2.75) is 25.8 Å². The number of nitrogens with zero attached hydrogens (tertiary/aromatic N) is 2. The molecular formula is C23H22ClN3O2S. The van der Waals surface area contributed by atoms with Crippen molar-refractivity contribution in [2.24, 2.45) is 5.92 Å². The Morgan fingerprint density at radius 1 is 1.20 bits per heavy atom. The molecule has 3 aromatic rings. The highest BCUT2D eigenvalue weighted by Gasteiger charge is 2.44. The first-order chi connectivity index (χ1) is 14.5. The molecule has 1 N–H and O–H groups in total. The fraction of sp³-hybridized carbons (Fsp3) is 0.261. The molecule has 2 aromatic heterocycles. The van der Waals surface area contributed by atoms with Crippen molar-refractivity contribution in [2.75, 3.05) is 11.9 Å². The van der Waals surface area contributed by atoms with Gasteiger partial charge in [0.1, 0.15) is 5.82 Å². The van der Waals surface area contributed by atoms with Gasteiger partial charge in [-0.3, -0.25) is 9.59 Å². The molecule has 0 unspecified atom stereocenters. The number of hydrogen-bond acceptors (Lipinski definition) is 4. The van der Waals surface area contributed by atoms with Crippen LogP contribution >= 0.6 is 22.9 Å². The lowest BCUT2D eigenvalue weighted by Crippen LogP contribution is -2.47. The average molecular weight is 440 g/mol. The smallest absolute Gasteiger partial charge is 0.254 e. The molecule has 3 heterocycles. The molecule has 4 rings (SSSR count). The summed E-state index contributed by atoms with van der Waals surface area (Å²) in [5.41, 5.74) is 1.32. The van der Waals surface area contributed by atoms with Gasteiger partial charge in [-0.05, 0) is 41.1 Å². The number of pyridine rings is 1. The summed E-state index contributed by atoms with van der Waals surface area (Å²) in [4.78, 5) is 34.0. The van der Waals surface area contributed by atoms with E-state index in [0.29, 0.717) is 22.9 Å². The summed E-state index contributed by atoms with van der Waals surface area (Å²) in [6, 6.07) is 14.3. The Morgan fingerprint density at radius 2 is 2.00 bits per heavy atom. The van der Waals surface area contributed by atoms with Crippen LogP contribution in [0.4, 0.5) is 5.82 Å².